The molecule has 0 saturated heterocycles. The van der Waals surface area contributed by atoms with E-state index in [0.29, 0.717) is 17.9 Å². The van der Waals surface area contributed by atoms with Crippen molar-refractivity contribution in [3.8, 4) is 5.75 Å². The van der Waals surface area contributed by atoms with E-state index in [1.54, 1.807) is 0 Å². The Bertz CT molecular complexity index is 870. The average molecular weight is 362 g/mol. The van der Waals surface area contributed by atoms with Crippen LogP contribution in [0, 0.1) is 17.8 Å². The molecule has 140 valence electrons. The molecule has 5 rings (SSSR count). The highest BCUT2D eigenvalue weighted by molar-refractivity contribution is 5.80. The van der Waals surface area contributed by atoms with Crippen LogP contribution < -0.4 is 10.1 Å². The number of fused-ring (bicyclic) bond motifs is 3. The minimum Gasteiger partial charge on any atom is -0.490 e. The Morgan fingerprint density at radius 3 is 2.74 bits per heavy atom. The first-order valence-electron chi connectivity index (χ1n) is 10.2. The molecule has 0 spiro atoms. The molecule has 4 nitrogen and oxygen atoms in total. The van der Waals surface area contributed by atoms with Crippen LogP contribution in [-0.2, 0) is 4.79 Å². The minimum absolute atomic E-state index is 0.209. The number of benzene rings is 1. The number of amides is 1. The molecule has 4 heteroatoms. The number of hydrogen-bond acceptors (Lipinski definition) is 3. The number of nitrogens with one attached hydrogen (secondary N) is 1. The quantitative estimate of drug-likeness (QED) is 0.827. The number of carbonyl (C=O) groups excluding carboxylic acids is 1. The number of allylic oxidation sites excluding steroid dienone is 2. The molecular formula is C23H26N2O2. The van der Waals surface area contributed by atoms with Gasteiger partial charge in [0.1, 0.15) is 5.75 Å². The third kappa shape index (κ3) is 3.45. The summed E-state index contributed by atoms with van der Waals surface area (Å²) in [5.74, 6) is 2.53. The van der Waals surface area contributed by atoms with Crippen LogP contribution >= 0.6 is 0 Å². The van der Waals surface area contributed by atoms with Crippen molar-refractivity contribution in [1.29, 1.82) is 0 Å². The van der Waals surface area contributed by atoms with E-state index < -0.39 is 0 Å². The first-order valence-corrected chi connectivity index (χ1v) is 10.2. The molecule has 27 heavy (non-hydrogen) atoms. The molecule has 1 N–H and O–H groups in total. The van der Waals surface area contributed by atoms with E-state index in [1.165, 1.54) is 6.42 Å². The van der Waals surface area contributed by atoms with Crippen LogP contribution in [0.4, 0.5) is 0 Å². The molecule has 1 aromatic carbocycles. The number of carbonyl (C=O) groups is 1. The van der Waals surface area contributed by atoms with Crippen LogP contribution in [-0.4, -0.2) is 23.0 Å². The fraction of sp³-hybridized carbons (Fsp3) is 0.478. The van der Waals surface area contributed by atoms with E-state index in [-0.39, 0.29) is 17.9 Å². The van der Waals surface area contributed by atoms with Gasteiger partial charge in [0.25, 0.3) is 0 Å². The summed E-state index contributed by atoms with van der Waals surface area (Å²) in [7, 11) is 0. The third-order valence-corrected chi connectivity index (χ3v) is 6.51. The second-order valence-electron chi connectivity index (χ2n) is 8.34. The normalized spacial score (nSPS) is 31.9. The van der Waals surface area contributed by atoms with E-state index in [4.69, 9.17) is 4.74 Å². The predicted octanol–water partition coefficient (Wildman–Crippen LogP) is 4.25. The lowest BCUT2D eigenvalue weighted by Crippen LogP contribution is -2.43. The summed E-state index contributed by atoms with van der Waals surface area (Å²) in [6.07, 6.45) is 12.8. The summed E-state index contributed by atoms with van der Waals surface area (Å²) in [4.78, 5) is 17.0. The summed E-state index contributed by atoms with van der Waals surface area (Å²) in [6, 6.07) is 10.4. The average Bonchev–Trinajstić information content (AvgIpc) is 3.33. The molecule has 2 aromatic rings. The molecule has 0 aliphatic heterocycles. The molecule has 2 bridgehead atoms. The van der Waals surface area contributed by atoms with Crippen molar-refractivity contribution in [3.05, 3.63) is 48.7 Å². The lowest BCUT2D eigenvalue weighted by Gasteiger charge is -2.31. The SMILES string of the molecule is O=C(NC1CCC(Oc2ccc3ncccc3c2)CC1)[C@@H]1C[C@@H]2C=C[C@H]1C2. The Hall–Kier alpha value is -2.36. The largest absolute Gasteiger partial charge is 0.490 e. The van der Waals surface area contributed by atoms with Crippen LogP contribution in [0.15, 0.2) is 48.7 Å². The highest BCUT2D eigenvalue weighted by atomic mass is 16.5. The van der Waals surface area contributed by atoms with Crippen LogP contribution in [0.3, 0.4) is 0 Å². The maximum absolute atomic E-state index is 12.6. The molecule has 1 amide bonds. The number of pyridine rings is 1. The summed E-state index contributed by atoms with van der Waals surface area (Å²) >= 11 is 0. The highest BCUT2D eigenvalue weighted by Crippen LogP contribution is 2.43. The Kier molecular flexibility index (Phi) is 4.35. The number of ether oxygens (including phenoxy) is 1. The standard InChI is InChI=1S/C23H26N2O2/c26-23(21-13-15-3-4-16(21)12-15)25-18-5-7-19(8-6-18)27-20-9-10-22-17(14-20)2-1-11-24-22/h1-4,9-11,14-16,18-19,21H,5-8,12-13H2,(H,25,26)/t15-,16+,18?,19?,21-/m1/s1. The van der Waals surface area contributed by atoms with Gasteiger partial charge in [0.05, 0.1) is 11.6 Å². The van der Waals surface area contributed by atoms with Crippen LogP contribution in [0.2, 0.25) is 0 Å². The van der Waals surface area contributed by atoms with E-state index in [0.717, 1.165) is 48.8 Å². The Morgan fingerprint density at radius 2 is 1.96 bits per heavy atom. The van der Waals surface area contributed by atoms with Gasteiger partial charge in [0.15, 0.2) is 0 Å². The second-order valence-corrected chi connectivity index (χ2v) is 8.34. The molecular weight excluding hydrogens is 336 g/mol. The van der Waals surface area contributed by atoms with Crippen molar-refractivity contribution in [2.45, 2.75) is 50.7 Å². The van der Waals surface area contributed by atoms with E-state index in [9.17, 15) is 4.79 Å². The van der Waals surface area contributed by atoms with Crippen LogP contribution in [0.5, 0.6) is 5.75 Å². The van der Waals surface area contributed by atoms with Gasteiger partial charge in [-0.05, 0) is 74.6 Å². The first-order chi connectivity index (χ1) is 13.2. The maximum Gasteiger partial charge on any atom is 0.223 e. The molecule has 2 fully saturated rings. The molecule has 1 aromatic heterocycles. The summed E-state index contributed by atoms with van der Waals surface area (Å²) in [6.45, 7) is 0. The number of aromatic nitrogens is 1. The number of nitrogens with zero attached hydrogens (tertiary/aromatic N) is 1. The topological polar surface area (TPSA) is 51.2 Å². The smallest absolute Gasteiger partial charge is 0.223 e. The zero-order valence-corrected chi connectivity index (χ0v) is 15.5. The van der Waals surface area contributed by atoms with Gasteiger partial charge in [-0.2, -0.15) is 0 Å². The molecule has 3 atom stereocenters. The van der Waals surface area contributed by atoms with Gasteiger partial charge in [-0.25, -0.2) is 0 Å². The van der Waals surface area contributed by atoms with Gasteiger partial charge in [-0.15, -0.1) is 0 Å². The van der Waals surface area contributed by atoms with Crippen molar-refractivity contribution < 1.29 is 9.53 Å². The number of rotatable bonds is 4. The summed E-state index contributed by atoms with van der Waals surface area (Å²) in [5.41, 5.74) is 0.992. The predicted molar refractivity (Wildman–Crippen MR) is 105 cm³/mol. The summed E-state index contributed by atoms with van der Waals surface area (Å²) < 4.78 is 6.21. The third-order valence-electron chi connectivity index (χ3n) is 6.51. The lowest BCUT2D eigenvalue weighted by molar-refractivity contribution is -0.126. The first kappa shape index (κ1) is 16.8. The number of hydrogen-bond donors (Lipinski definition) is 1. The van der Waals surface area contributed by atoms with Crippen molar-refractivity contribution in [2.24, 2.45) is 17.8 Å². The van der Waals surface area contributed by atoms with Crippen molar-refractivity contribution in [1.82, 2.24) is 10.3 Å². The Morgan fingerprint density at radius 1 is 1.07 bits per heavy atom. The molecule has 0 radical (unpaired) electrons. The van der Waals surface area contributed by atoms with Crippen molar-refractivity contribution >= 4 is 16.8 Å². The van der Waals surface area contributed by atoms with Crippen LogP contribution in [0.25, 0.3) is 10.9 Å². The zero-order valence-electron chi connectivity index (χ0n) is 15.5. The van der Waals surface area contributed by atoms with Crippen LogP contribution in [0.1, 0.15) is 38.5 Å². The molecule has 3 aliphatic rings. The second kappa shape index (κ2) is 6.99. The van der Waals surface area contributed by atoms with Gasteiger partial charge in [-0.3, -0.25) is 9.78 Å². The molecule has 0 unspecified atom stereocenters. The van der Waals surface area contributed by atoms with E-state index >= 15 is 0 Å². The molecule has 3 aliphatic carbocycles. The molecule has 1 heterocycles. The van der Waals surface area contributed by atoms with Gasteiger partial charge in [-0.1, -0.05) is 18.2 Å². The molecule has 2 saturated carbocycles. The minimum atomic E-state index is 0.209. The van der Waals surface area contributed by atoms with E-state index in [1.807, 2.05) is 24.4 Å². The van der Waals surface area contributed by atoms with Crippen molar-refractivity contribution in [3.63, 3.8) is 0 Å². The Balaban J connectivity index is 1.13. The van der Waals surface area contributed by atoms with Gasteiger partial charge < -0.3 is 10.1 Å². The van der Waals surface area contributed by atoms with Gasteiger partial charge in [0, 0.05) is 23.5 Å². The Labute approximate surface area is 160 Å². The zero-order chi connectivity index (χ0) is 18.2. The van der Waals surface area contributed by atoms with Gasteiger partial charge >= 0.3 is 0 Å². The lowest BCUT2D eigenvalue weighted by atomic mass is 9.89. The van der Waals surface area contributed by atoms with E-state index in [2.05, 4.69) is 34.6 Å². The highest BCUT2D eigenvalue weighted by Gasteiger charge is 2.40. The van der Waals surface area contributed by atoms with Crippen molar-refractivity contribution in [2.75, 3.05) is 0 Å². The maximum atomic E-state index is 12.6. The monoisotopic (exact) mass is 362 g/mol. The fourth-order valence-electron chi connectivity index (χ4n) is 5.03. The fourth-order valence-corrected chi connectivity index (χ4v) is 5.03. The summed E-state index contributed by atoms with van der Waals surface area (Å²) in [5, 5.41) is 4.42. The van der Waals surface area contributed by atoms with Gasteiger partial charge in [0.2, 0.25) is 5.91 Å².